The van der Waals surface area contributed by atoms with E-state index in [0.717, 1.165) is 4.90 Å². The number of amides is 2. The number of carbonyl (C=O) groups is 3. The maximum absolute atomic E-state index is 11.7. The van der Waals surface area contributed by atoms with Crippen LogP contribution < -0.4 is 0 Å². The smallest absolute Gasteiger partial charge is 0.414 e. The molecule has 19 heavy (non-hydrogen) atoms. The number of imide groups is 1. The minimum Gasteiger partial charge on any atom is -0.465 e. The van der Waals surface area contributed by atoms with Crippen LogP contribution in [0.1, 0.15) is 23.2 Å². The van der Waals surface area contributed by atoms with Crippen molar-refractivity contribution in [2.75, 3.05) is 6.61 Å². The van der Waals surface area contributed by atoms with Gasteiger partial charge >= 0.3 is 12.1 Å². The van der Waals surface area contributed by atoms with Crippen LogP contribution in [0.3, 0.4) is 0 Å². The van der Waals surface area contributed by atoms with Crippen molar-refractivity contribution in [2.45, 2.75) is 18.9 Å². The molecule has 0 radical (unpaired) electrons. The summed E-state index contributed by atoms with van der Waals surface area (Å²) in [5.74, 6) is -0.974. The van der Waals surface area contributed by atoms with Gasteiger partial charge in [-0.3, -0.25) is 4.79 Å². The molecule has 2 rings (SSSR count). The first-order valence-corrected chi connectivity index (χ1v) is 5.86. The number of hydrogen-bond acceptors (Lipinski definition) is 4. The fraction of sp³-hybridized carbons (Fsp3) is 0.308. The highest BCUT2D eigenvalue weighted by Crippen LogP contribution is 2.19. The van der Waals surface area contributed by atoms with Crippen LogP contribution in [-0.2, 0) is 9.53 Å². The van der Waals surface area contributed by atoms with Crippen molar-refractivity contribution < 1.29 is 24.2 Å². The Kier molecular flexibility index (Phi) is 3.79. The number of hydrogen-bond donors (Lipinski definition) is 1. The zero-order valence-electron chi connectivity index (χ0n) is 10.1. The second kappa shape index (κ2) is 5.51. The van der Waals surface area contributed by atoms with Crippen LogP contribution in [0.25, 0.3) is 0 Å². The van der Waals surface area contributed by atoms with Gasteiger partial charge in [-0.1, -0.05) is 18.2 Å². The third kappa shape index (κ3) is 2.90. The highest BCUT2D eigenvalue weighted by atomic mass is 16.5. The van der Waals surface area contributed by atoms with E-state index in [9.17, 15) is 14.4 Å². The summed E-state index contributed by atoms with van der Waals surface area (Å²) in [6, 6.07) is 7.82. The van der Waals surface area contributed by atoms with Crippen molar-refractivity contribution in [3.05, 3.63) is 35.9 Å². The SMILES string of the molecule is O=C(OCC1CCC(=O)N1C(=O)O)c1ccccc1. The minimum atomic E-state index is -1.30. The molecule has 1 aromatic carbocycles. The molecule has 1 aromatic rings. The minimum absolute atomic E-state index is 0.105. The summed E-state index contributed by atoms with van der Waals surface area (Å²) < 4.78 is 5.04. The van der Waals surface area contributed by atoms with Gasteiger partial charge in [-0.15, -0.1) is 0 Å². The van der Waals surface area contributed by atoms with Gasteiger partial charge in [0.05, 0.1) is 11.6 Å². The fourth-order valence-corrected chi connectivity index (χ4v) is 1.99. The third-order valence-electron chi connectivity index (χ3n) is 2.95. The topological polar surface area (TPSA) is 83.9 Å². The molecule has 6 heteroatoms. The Hall–Kier alpha value is -2.37. The lowest BCUT2D eigenvalue weighted by Crippen LogP contribution is -2.40. The molecule has 2 amide bonds. The van der Waals surface area contributed by atoms with Crippen molar-refractivity contribution in [1.82, 2.24) is 4.90 Å². The normalized spacial score (nSPS) is 18.4. The van der Waals surface area contributed by atoms with E-state index in [1.807, 2.05) is 0 Å². The number of carboxylic acid groups (broad SMARTS) is 1. The molecule has 1 aliphatic heterocycles. The zero-order valence-corrected chi connectivity index (χ0v) is 10.1. The molecule has 1 N–H and O–H groups in total. The summed E-state index contributed by atoms with van der Waals surface area (Å²) in [5, 5.41) is 8.90. The van der Waals surface area contributed by atoms with Crippen LogP contribution in [0.2, 0.25) is 0 Å². The Morgan fingerprint density at radius 1 is 1.32 bits per heavy atom. The number of esters is 1. The predicted molar refractivity (Wildman–Crippen MR) is 64.6 cm³/mol. The fourth-order valence-electron chi connectivity index (χ4n) is 1.99. The summed E-state index contributed by atoms with van der Waals surface area (Å²) in [6.45, 7) is -0.105. The van der Waals surface area contributed by atoms with E-state index in [-0.39, 0.29) is 13.0 Å². The maximum Gasteiger partial charge on any atom is 0.414 e. The van der Waals surface area contributed by atoms with Gasteiger partial charge in [0.1, 0.15) is 6.61 Å². The van der Waals surface area contributed by atoms with Crippen molar-refractivity contribution in [1.29, 1.82) is 0 Å². The third-order valence-corrected chi connectivity index (χ3v) is 2.95. The van der Waals surface area contributed by atoms with E-state index < -0.39 is 24.0 Å². The van der Waals surface area contributed by atoms with Crippen LogP contribution >= 0.6 is 0 Å². The predicted octanol–water partition coefficient (Wildman–Crippen LogP) is 1.51. The molecule has 0 bridgehead atoms. The average molecular weight is 263 g/mol. The summed E-state index contributed by atoms with van der Waals surface area (Å²) in [4.78, 5) is 34.7. The largest absolute Gasteiger partial charge is 0.465 e. The quantitative estimate of drug-likeness (QED) is 0.836. The molecule has 1 heterocycles. The van der Waals surface area contributed by atoms with Gasteiger partial charge in [-0.25, -0.2) is 14.5 Å². The first kappa shape index (κ1) is 13.1. The molecule has 0 aromatic heterocycles. The van der Waals surface area contributed by atoms with Crippen LogP contribution in [0, 0.1) is 0 Å². The highest BCUT2D eigenvalue weighted by molar-refractivity contribution is 5.93. The molecule has 0 saturated carbocycles. The Balaban J connectivity index is 1.94. The molecular formula is C13H13NO5. The van der Waals surface area contributed by atoms with Gasteiger partial charge in [0.15, 0.2) is 0 Å². The van der Waals surface area contributed by atoms with E-state index in [4.69, 9.17) is 9.84 Å². The van der Waals surface area contributed by atoms with Crippen LogP contribution in [0.15, 0.2) is 30.3 Å². The number of likely N-dealkylation sites (tertiary alicyclic amines) is 1. The molecule has 1 aliphatic rings. The standard InChI is InChI=1S/C13H13NO5/c15-11-7-6-10(14(11)13(17)18)8-19-12(16)9-4-2-1-3-5-9/h1-5,10H,6-8H2,(H,17,18). The monoisotopic (exact) mass is 263 g/mol. The zero-order chi connectivity index (χ0) is 13.8. The Bertz CT molecular complexity index is 499. The van der Waals surface area contributed by atoms with Gasteiger partial charge in [0, 0.05) is 6.42 Å². The lowest BCUT2D eigenvalue weighted by Gasteiger charge is -2.19. The van der Waals surface area contributed by atoms with Crippen molar-refractivity contribution in [3.63, 3.8) is 0 Å². The number of carbonyl (C=O) groups excluding carboxylic acids is 2. The first-order valence-electron chi connectivity index (χ1n) is 5.86. The van der Waals surface area contributed by atoms with E-state index in [1.54, 1.807) is 30.3 Å². The van der Waals surface area contributed by atoms with Gasteiger partial charge in [-0.2, -0.15) is 0 Å². The summed E-state index contributed by atoms with van der Waals surface area (Å²) in [6.07, 6.45) is -0.754. The Morgan fingerprint density at radius 2 is 2.00 bits per heavy atom. The molecular weight excluding hydrogens is 250 g/mol. The molecule has 1 fully saturated rings. The van der Waals surface area contributed by atoms with E-state index >= 15 is 0 Å². The summed E-state index contributed by atoms with van der Waals surface area (Å²) >= 11 is 0. The summed E-state index contributed by atoms with van der Waals surface area (Å²) in [5.41, 5.74) is 0.397. The van der Waals surface area contributed by atoms with Gasteiger partial charge in [-0.05, 0) is 18.6 Å². The highest BCUT2D eigenvalue weighted by Gasteiger charge is 2.36. The second-order valence-electron chi connectivity index (χ2n) is 4.20. The number of benzene rings is 1. The maximum atomic E-state index is 11.7. The van der Waals surface area contributed by atoms with Crippen molar-refractivity contribution in [3.8, 4) is 0 Å². The number of nitrogens with zero attached hydrogens (tertiary/aromatic N) is 1. The van der Waals surface area contributed by atoms with E-state index in [1.165, 1.54) is 0 Å². The van der Waals surface area contributed by atoms with Crippen LogP contribution in [-0.4, -0.2) is 40.6 Å². The van der Waals surface area contributed by atoms with Crippen molar-refractivity contribution in [2.24, 2.45) is 0 Å². The molecule has 0 spiro atoms. The first-order chi connectivity index (χ1) is 9.09. The van der Waals surface area contributed by atoms with Gasteiger partial charge < -0.3 is 9.84 Å². The number of rotatable bonds is 3. The lowest BCUT2D eigenvalue weighted by molar-refractivity contribution is -0.127. The Labute approximate surface area is 109 Å². The molecule has 1 saturated heterocycles. The molecule has 0 aliphatic carbocycles. The van der Waals surface area contributed by atoms with Gasteiger partial charge in [0.25, 0.3) is 0 Å². The number of ether oxygens (including phenoxy) is 1. The molecule has 1 atom stereocenters. The van der Waals surface area contributed by atoms with Gasteiger partial charge in [0.2, 0.25) is 5.91 Å². The lowest BCUT2D eigenvalue weighted by atomic mass is 10.2. The average Bonchev–Trinajstić information content (AvgIpc) is 2.78. The van der Waals surface area contributed by atoms with E-state index in [2.05, 4.69) is 0 Å². The molecule has 100 valence electrons. The molecule has 6 nitrogen and oxygen atoms in total. The second-order valence-corrected chi connectivity index (χ2v) is 4.20. The van der Waals surface area contributed by atoms with Crippen LogP contribution in [0.5, 0.6) is 0 Å². The summed E-state index contributed by atoms with van der Waals surface area (Å²) in [7, 11) is 0. The van der Waals surface area contributed by atoms with Crippen LogP contribution in [0.4, 0.5) is 4.79 Å². The van der Waals surface area contributed by atoms with E-state index in [0.29, 0.717) is 12.0 Å². The molecule has 1 unspecified atom stereocenters. The van der Waals surface area contributed by atoms with Crippen molar-refractivity contribution >= 4 is 18.0 Å². The Morgan fingerprint density at radius 3 is 2.63 bits per heavy atom.